The van der Waals surface area contributed by atoms with Gasteiger partial charge in [0.2, 0.25) is 0 Å². The van der Waals surface area contributed by atoms with Crippen LogP contribution < -0.4 is 5.73 Å². The fourth-order valence-corrected chi connectivity index (χ4v) is 1.02. The zero-order chi connectivity index (χ0) is 10.0. The molecule has 0 saturated heterocycles. The minimum atomic E-state index is -0.883. The summed E-state index contributed by atoms with van der Waals surface area (Å²) in [6, 6.07) is 3.88. The van der Waals surface area contributed by atoms with Gasteiger partial charge >= 0.3 is 0 Å². The molecule has 1 atom stereocenters. The second-order valence-corrected chi connectivity index (χ2v) is 3.03. The molecule has 1 aromatic carbocycles. The number of carbonyl (C=O) groups is 1. The number of aromatic hydroxyl groups is 2. The number of thiol groups is 1. The first kappa shape index (κ1) is 9.73. The molecule has 5 heteroatoms. The molecule has 4 nitrogen and oxygen atoms in total. The molecule has 1 amide bonds. The van der Waals surface area contributed by atoms with Gasteiger partial charge in [0, 0.05) is 0 Å². The molecule has 3 N–H and O–H groups in total. The first-order valence-corrected chi connectivity index (χ1v) is 3.99. The van der Waals surface area contributed by atoms with Crippen molar-refractivity contribution in [2.75, 3.05) is 0 Å². The molecule has 1 rings (SSSR count). The molecule has 0 heterocycles. The van der Waals surface area contributed by atoms with Gasteiger partial charge in [0.05, 0.1) is 0 Å². The van der Waals surface area contributed by atoms with E-state index < -0.39 is 11.2 Å². The van der Waals surface area contributed by atoms with Crippen molar-refractivity contribution in [3.05, 3.63) is 23.8 Å². The molecule has 0 spiro atoms. The van der Waals surface area contributed by atoms with Crippen molar-refractivity contribution in [1.82, 2.24) is 5.73 Å². The molecule has 0 bridgehead atoms. The van der Waals surface area contributed by atoms with E-state index in [2.05, 4.69) is 12.6 Å². The predicted molar refractivity (Wildman–Crippen MR) is 49.6 cm³/mol. The van der Waals surface area contributed by atoms with Crippen molar-refractivity contribution in [3.8, 4) is 11.5 Å². The first-order chi connectivity index (χ1) is 6.02. The van der Waals surface area contributed by atoms with Crippen molar-refractivity contribution in [3.63, 3.8) is 0 Å². The Hall–Kier alpha value is -1.36. The van der Waals surface area contributed by atoms with Crippen molar-refractivity contribution in [2.45, 2.75) is 5.25 Å². The summed E-state index contributed by atoms with van der Waals surface area (Å²) >= 11 is 3.87. The van der Waals surface area contributed by atoms with E-state index in [9.17, 15) is 4.79 Å². The Morgan fingerprint density at radius 3 is 2.46 bits per heavy atom. The van der Waals surface area contributed by atoms with E-state index in [1.54, 1.807) is 0 Å². The topological polar surface area (TPSA) is 81.3 Å². The molecule has 0 aliphatic carbocycles. The Labute approximate surface area is 80.4 Å². The largest absolute Gasteiger partial charge is 0.504 e. The van der Waals surface area contributed by atoms with E-state index in [0.29, 0.717) is 5.56 Å². The van der Waals surface area contributed by atoms with Crippen LogP contribution >= 0.6 is 12.6 Å². The van der Waals surface area contributed by atoms with Crippen LogP contribution in [0, 0.1) is 0 Å². The molecule has 1 unspecified atom stereocenters. The lowest BCUT2D eigenvalue weighted by molar-refractivity contribution is -0.118. The van der Waals surface area contributed by atoms with E-state index >= 15 is 0 Å². The summed E-state index contributed by atoms with van der Waals surface area (Å²) in [4.78, 5) is 10.6. The Balaban J connectivity index is 3.03. The predicted octanol–water partition coefficient (Wildman–Crippen LogP) is 0.878. The lowest BCUT2D eigenvalue weighted by Gasteiger charge is -2.06. The summed E-state index contributed by atoms with van der Waals surface area (Å²) in [5.74, 6) is -1.44. The third-order valence-corrected chi connectivity index (χ3v) is 2.10. The number of phenols is 2. The Morgan fingerprint density at radius 1 is 1.38 bits per heavy atom. The van der Waals surface area contributed by atoms with E-state index in [0.717, 1.165) is 0 Å². The molecular formula is C8H8NO3S. The van der Waals surface area contributed by atoms with Gasteiger partial charge in [-0.25, -0.2) is 0 Å². The third kappa shape index (κ3) is 2.06. The van der Waals surface area contributed by atoms with Crippen LogP contribution in [0.15, 0.2) is 18.2 Å². The van der Waals surface area contributed by atoms with Gasteiger partial charge in [-0.3, -0.25) is 10.5 Å². The number of phenolic OH excluding ortho intramolecular Hbond substituents is 2. The summed E-state index contributed by atoms with van der Waals surface area (Å²) in [5.41, 5.74) is 7.17. The van der Waals surface area contributed by atoms with Crippen LogP contribution in [0.25, 0.3) is 0 Å². The highest BCUT2D eigenvalue weighted by Gasteiger charge is 2.14. The molecule has 69 valence electrons. The second-order valence-electron chi connectivity index (χ2n) is 2.51. The highest BCUT2D eigenvalue weighted by Crippen LogP contribution is 2.29. The maximum Gasteiger partial charge on any atom is 0.255 e. The number of amides is 1. The van der Waals surface area contributed by atoms with Gasteiger partial charge in [0.1, 0.15) is 5.25 Å². The highest BCUT2D eigenvalue weighted by atomic mass is 32.1. The maximum atomic E-state index is 10.6. The highest BCUT2D eigenvalue weighted by molar-refractivity contribution is 7.81. The summed E-state index contributed by atoms with van der Waals surface area (Å²) < 4.78 is 0. The van der Waals surface area contributed by atoms with Crippen LogP contribution in [0.4, 0.5) is 0 Å². The normalized spacial score (nSPS) is 12.4. The molecule has 0 aliphatic heterocycles. The molecule has 0 aliphatic rings. The fraction of sp³-hybridized carbons (Fsp3) is 0.125. The van der Waals surface area contributed by atoms with E-state index in [-0.39, 0.29) is 11.5 Å². The number of hydrogen-bond acceptors (Lipinski definition) is 4. The average Bonchev–Trinajstić information content (AvgIpc) is 2.08. The monoisotopic (exact) mass is 198 g/mol. The van der Waals surface area contributed by atoms with Gasteiger partial charge < -0.3 is 10.2 Å². The first-order valence-electron chi connectivity index (χ1n) is 3.47. The lowest BCUT2D eigenvalue weighted by atomic mass is 10.1. The molecule has 0 fully saturated rings. The maximum absolute atomic E-state index is 10.6. The van der Waals surface area contributed by atoms with Crippen molar-refractivity contribution >= 4 is 18.5 Å². The summed E-state index contributed by atoms with van der Waals surface area (Å²) in [6.45, 7) is 0. The number of benzene rings is 1. The molecular weight excluding hydrogens is 190 g/mol. The smallest absolute Gasteiger partial charge is 0.255 e. The van der Waals surface area contributed by atoms with Gasteiger partial charge in [0.25, 0.3) is 5.91 Å². The van der Waals surface area contributed by atoms with Gasteiger partial charge in [-0.15, -0.1) is 0 Å². The van der Waals surface area contributed by atoms with E-state index in [1.807, 2.05) is 0 Å². The van der Waals surface area contributed by atoms with Crippen LogP contribution in [-0.2, 0) is 4.79 Å². The summed E-state index contributed by atoms with van der Waals surface area (Å²) in [7, 11) is 0. The number of hydrogen-bond donors (Lipinski definition) is 3. The number of carbonyl (C=O) groups excluding carboxylic acids is 1. The molecule has 1 aromatic rings. The zero-order valence-corrected chi connectivity index (χ0v) is 7.45. The number of nitrogens with one attached hydrogen (secondary N) is 1. The standard InChI is InChI=1S/C8H8NO3S/c9-8(12)7(13)4-1-2-5(10)6(11)3-4/h1-3,7,9-11,13H. The van der Waals surface area contributed by atoms with Crippen LogP contribution in [0.3, 0.4) is 0 Å². The Morgan fingerprint density at radius 2 is 2.00 bits per heavy atom. The summed E-state index contributed by atoms with van der Waals surface area (Å²) in [6.07, 6.45) is 0. The van der Waals surface area contributed by atoms with Crippen molar-refractivity contribution in [1.29, 1.82) is 0 Å². The van der Waals surface area contributed by atoms with Crippen LogP contribution in [0.5, 0.6) is 11.5 Å². The SMILES string of the molecule is [NH]C(=O)C(S)c1ccc(O)c(O)c1. The molecule has 13 heavy (non-hydrogen) atoms. The lowest BCUT2D eigenvalue weighted by Crippen LogP contribution is -2.06. The third-order valence-electron chi connectivity index (χ3n) is 1.56. The fourth-order valence-electron chi connectivity index (χ4n) is 0.862. The van der Waals surface area contributed by atoms with Crippen molar-refractivity contribution in [2.24, 2.45) is 0 Å². The van der Waals surface area contributed by atoms with Crippen LogP contribution in [0.2, 0.25) is 0 Å². The van der Waals surface area contributed by atoms with Gasteiger partial charge in [-0.2, -0.15) is 12.6 Å². The van der Waals surface area contributed by atoms with E-state index in [4.69, 9.17) is 15.9 Å². The molecule has 1 radical (unpaired) electrons. The summed E-state index contributed by atoms with van der Waals surface area (Å²) in [5, 5.41) is 17.1. The second kappa shape index (κ2) is 3.57. The van der Waals surface area contributed by atoms with Crippen LogP contribution in [-0.4, -0.2) is 16.1 Å². The minimum absolute atomic E-state index is 0.262. The van der Waals surface area contributed by atoms with Gasteiger partial charge in [-0.05, 0) is 17.7 Å². The Kier molecular flexibility index (Phi) is 2.67. The Bertz CT molecular complexity index is 340. The van der Waals surface area contributed by atoms with E-state index in [1.165, 1.54) is 18.2 Å². The average molecular weight is 198 g/mol. The molecule has 0 saturated carbocycles. The van der Waals surface area contributed by atoms with Gasteiger partial charge in [0.15, 0.2) is 11.5 Å². The zero-order valence-electron chi connectivity index (χ0n) is 6.56. The quantitative estimate of drug-likeness (QED) is 0.487. The van der Waals surface area contributed by atoms with Crippen LogP contribution in [0.1, 0.15) is 10.8 Å². The minimum Gasteiger partial charge on any atom is -0.504 e. The number of rotatable bonds is 2. The van der Waals surface area contributed by atoms with Crippen molar-refractivity contribution < 1.29 is 15.0 Å². The van der Waals surface area contributed by atoms with Gasteiger partial charge in [-0.1, -0.05) is 6.07 Å². The molecule has 0 aromatic heterocycles.